The molecule has 0 amide bonds. The molecule has 13 heteroatoms. The number of thiophene rings is 1. The van der Waals surface area contributed by atoms with E-state index in [1.165, 1.54) is 47.2 Å². The summed E-state index contributed by atoms with van der Waals surface area (Å²) < 4.78 is 74.6. The molecule has 1 atom stereocenters. The Morgan fingerprint density at radius 3 is 2.33 bits per heavy atom. The Hall–Kier alpha value is -2.60. The molecule has 172 valence electrons. The molecule has 6 nitrogen and oxygen atoms in total. The van der Waals surface area contributed by atoms with Crippen LogP contribution >= 0.6 is 34.5 Å². The molecule has 1 unspecified atom stereocenters. The van der Waals surface area contributed by atoms with Crippen molar-refractivity contribution in [1.29, 1.82) is 0 Å². The predicted molar refractivity (Wildman–Crippen MR) is 121 cm³/mol. The maximum absolute atomic E-state index is 13.8. The molecule has 0 aliphatic rings. The summed E-state index contributed by atoms with van der Waals surface area (Å²) in [5, 5.41) is 2.47. The Labute approximate surface area is 200 Å². The van der Waals surface area contributed by atoms with Crippen molar-refractivity contribution in [3.8, 4) is 5.88 Å². The Bertz CT molecular complexity index is 1420. The van der Waals surface area contributed by atoms with Gasteiger partial charge in [0.25, 0.3) is 15.9 Å². The van der Waals surface area contributed by atoms with Gasteiger partial charge in [-0.2, -0.15) is 24.5 Å². The molecule has 4 rings (SSSR count). The molecule has 0 saturated heterocycles. The summed E-state index contributed by atoms with van der Waals surface area (Å²) in [5.74, 6) is -1.18. The topological polar surface area (TPSA) is 81.2 Å². The summed E-state index contributed by atoms with van der Waals surface area (Å²) in [6, 6.07) is 11.5. The van der Waals surface area contributed by atoms with Gasteiger partial charge in [0.15, 0.2) is 0 Å². The minimum Gasteiger partial charge on any atom is -0.457 e. The fourth-order valence-corrected chi connectivity index (χ4v) is 5.30. The zero-order valence-corrected chi connectivity index (χ0v) is 19.3. The molecule has 4 aromatic rings. The van der Waals surface area contributed by atoms with E-state index in [9.17, 15) is 21.6 Å². The van der Waals surface area contributed by atoms with E-state index in [2.05, 4.69) is 14.7 Å². The molecule has 0 radical (unpaired) electrons. The van der Waals surface area contributed by atoms with E-state index in [1.54, 1.807) is 12.1 Å². The third kappa shape index (κ3) is 5.01. The summed E-state index contributed by atoms with van der Waals surface area (Å²) in [4.78, 5) is 7.84. The zero-order valence-electron chi connectivity index (χ0n) is 16.2. The van der Waals surface area contributed by atoms with Crippen LogP contribution in [0.3, 0.4) is 0 Å². The van der Waals surface area contributed by atoms with Crippen LogP contribution in [0.5, 0.6) is 5.88 Å². The van der Waals surface area contributed by atoms with Crippen molar-refractivity contribution in [1.82, 2.24) is 9.97 Å². The van der Waals surface area contributed by atoms with Crippen LogP contribution in [0.15, 0.2) is 64.2 Å². The number of nitrogens with one attached hydrogen (secondary N) is 1. The van der Waals surface area contributed by atoms with Crippen molar-refractivity contribution < 1.29 is 26.3 Å². The van der Waals surface area contributed by atoms with Gasteiger partial charge in [-0.1, -0.05) is 41.4 Å². The summed E-state index contributed by atoms with van der Waals surface area (Å²) in [6.07, 6.45) is -7.20. The van der Waals surface area contributed by atoms with Gasteiger partial charge in [0, 0.05) is 5.56 Å². The smallest absolute Gasteiger partial charge is 0.429 e. The second-order valence-corrected chi connectivity index (χ2v) is 9.84. The van der Waals surface area contributed by atoms with Crippen molar-refractivity contribution in [3.05, 3.63) is 74.9 Å². The number of aromatic nitrogens is 2. The summed E-state index contributed by atoms with van der Waals surface area (Å²) >= 11 is 13.0. The van der Waals surface area contributed by atoms with Gasteiger partial charge < -0.3 is 4.74 Å². The first kappa shape index (κ1) is 23.6. The molecule has 2 aromatic carbocycles. The highest BCUT2D eigenvalue weighted by atomic mass is 35.5. The third-order valence-electron chi connectivity index (χ3n) is 4.35. The number of para-hydroxylation sites is 2. The van der Waals surface area contributed by atoms with Gasteiger partial charge in [0.05, 0.1) is 21.1 Å². The SMILES string of the molecule is O=S(=O)(Nc1nc2ccccc2nc1OC(c1ccsc1)C(F)(F)F)c1cccc(Cl)c1Cl. The monoisotopic (exact) mass is 533 g/mol. The maximum atomic E-state index is 13.8. The molecule has 33 heavy (non-hydrogen) atoms. The predicted octanol–water partition coefficient (Wildman–Crippen LogP) is 6.48. The van der Waals surface area contributed by atoms with E-state index in [-0.39, 0.29) is 31.5 Å². The number of rotatable bonds is 6. The second kappa shape index (κ2) is 8.98. The number of benzene rings is 2. The van der Waals surface area contributed by atoms with Crippen molar-refractivity contribution >= 4 is 61.4 Å². The van der Waals surface area contributed by atoms with Gasteiger partial charge in [-0.25, -0.2) is 18.4 Å². The normalized spacial score (nSPS) is 13.1. The Balaban J connectivity index is 1.82. The number of hydrogen-bond donors (Lipinski definition) is 1. The molecular formula is C20H12Cl2F3N3O3S2. The Morgan fingerprint density at radius 2 is 1.70 bits per heavy atom. The molecule has 2 heterocycles. The number of sulfonamides is 1. The molecule has 0 bridgehead atoms. The standard InChI is InChI=1S/C20H12Cl2F3N3O3S2/c21-12-4-3-7-15(16(12)22)33(29,30)28-18-19(27-14-6-2-1-5-13(14)26-18)31-17(20(23,24)25)11-8-9-32-10-11/h1-10,17H,(H,26,28). The van der Waals surface area contributed by atoms with E-state index < -0.39 is 34.0 Å². The largest absolute Gasteiger partial charge is 0.457 e. The van der Waals surface area contributed by atoms with Crippen LogP contribution in [0.2, 0.25) is 10.0 Å². The van der Waals surface area contributed by atoms with Crippen molar-refractivity contribution in [2.75, 3.05) is 4.72 Å². The van der Waals surface area contributed by atoms with Gasteiger partial charge in [-0.05, 0) is 41.1 Å². The van der Waals surface area contributed by atoms with Crippen molar-refractivity contribution in [2.45, 2.75) is 17.2 Å². The molecule has 2 aromatic heterocycles. The first-order valence-electron chi connectivity index (χ1n) is 9.05. The van der Waals surface area contributed by atoms with E-state index in [4.69, 9.17) is 27.9 Å². The maximum Gasteiger partial charge on any atom is 0.429 e. The highest BCUT2D eigenvalue weighted by Crippen LogP contribution is 2.40. The second-order valence-electron chi connectivity index (χ2n) is 6.62. The minimum atomic E-state index is -4.80. The highest BCUT2D eigenvalue weighted by Gasteiger charge is 2.44. The highest BCUT2D eigenvalue weighted by molar-refractivity contribution is 7.92. The van der Waals surface area contributed by atoms with Gasteiger partial charge in [0.2, 0.25) is 11.9 Å². The lowest BCUT2D eigenvalue weighted by Crippen LogP contribution is -2.27. The van der Waals surface area contributed by atoms with Crippen LogP contribution in [0.1, 0.15) is 11.7 Å². The first-order valence-corrected chi connectivity index (χ1v) is 12.2. The number of alkyl halides is 3. The lowest BCUT2D eigenvalue weighted by Gasteiger charge is -2.22. The van der Waals surface area contributed by atoms with Gasteiger partial charge >= 0.3 is 6.18 Å². The number of hydrogen-bond acceptors (Lipinski definition) is 6. The summed E-state index contributed by atoms with van der Waals surface area (Å²) in [5.41, 5.74) is 0.287. The zero-order chi connectivity index (χ0) is 23.8. The summed E-state index contributed by atoms with van der Waals surface area (Å²) in [7, 11) is -4.41. The molecule has 0 aliphatic carbocycles. The van der Waals surface area contributed by atoms with Crippen LogP contribution in [-0.4, -0.2) is 24.6 Å². The minimum absolute atomic E-state index is 0.0183. The number of fused-ring (bicyclic) bond motifs is 1. The Kier molecular flexibility index (Phi) is 6.41. The van der Waals surface area contributed by atoms with Gasteiger partial charge in [-0.3, -0.25) is 4.72 Å². The average molecular weight is 534 g/mol. The van der Waals surface area contributed by atoms with E-state index in [1.807, 2.05) is 0 Å². The van der Waals surface area contributed by atoms with Crippen LogP contribution in [0.25, 0.3) is 11.0 Å². The third-order valence-corrected chi connectivity index (χ3v) is 7.36. The van der Waals surface area contributed by atoms with Crippen molar-refractivity contribution in [2.24, 2.45) is 0 Å². The fraction of sp³-hybridized carbons (Fsp3) is 0.100. The molecule has 0 aliphatic heterocycles. The van der Waals surface area contributed by atoms with Crippen LogP contribution < -0.4 is 9.46 Å². The first-order chi connectivity index (χ1) is 15.6. The number of anilines is 1. The lowest BCUT2D eigenvalue weighted by molar-refractivity contribution is -0.198. The van der Waals surface area contributed by atoms with Gasteiger partial charge in [-0.15, -0.1) is 0 Å². The average Bonchev–Trinajstić information content (AvgIpc) is 3.27. The fourth-order valence-electron chi connectivity index (χ4n) is 2.87. The van der Waals surface area contributed by atoms with Crippen molar-refractivity contribution in [3.63, 3.8) is 0 Å². The van der Waals surface area contributed by atoms with E-state index in [0.717, 1.165) is 11.3 Å². The van der Waals surface area contributed by atoms with Crippen LogP contribution in [0, 0.1) is 0 Å². The number of ether oxygens (including phenoxy) is 1. The Morgan fingerprint density at radius 1 is 1.00 bits per heavy atom. The summed E-state index contributed by atoms with van der Waals surface area (Å²) in [6.45, 7) is 0. The lowest BCUT2D eigenvalue weighted by atomic mass is 10.2. The molecule has 0 fully saturated rings. The number of nitrogens with zero attached hydrogens (tertiary/aromatic N) is 2. The number of halogens is 5. The quantitative estimate of drug-likeness (QED) is 0.306. The molecule has 1 N–H and O–H groups in total. The molecule has 0 saturated carbocycles. The van der Waals surface area contributed by atoms with E-state index >= 15 is 0 Å². The van der Waals surface area contributed by atoms with Crippen LogP contribution in [0.4, 0.5) is 19.0 Å². The van der Waals surface area contributed by atoms with Crippen LogP contribution in [-0.2, 0) is 10.0 Å². The molecular weight excluding hydrogens is 522 g/mol. The van der Waals surface area contributed by atoms with E-state index in [0.29, 0.717) is 0 Å². The molecule has 0 spiro atoms. The van der Waals surface area contributed by atoms with Gasteiger partial charge in [0.1, 0.15) is 4.90 Å².